The highest BCUT2D eigenvalue weighted by atomic mass is 19.4. The van der Waals surface area contributed by atoms with Gasteiger partial charge in [-0.1, -0.05) is 12.1 Å². The maximum atomic E-state index is 13.4. The standard InChI is InChI=1S/C26H26F4N4O3/c27-21-5-1-18(2-6-21)23-14-24(32-31-23)20-13-19(17-3-7-22(8-4-17)37-26(28,29)30)15-34(16-20)25(35)33-9-11-36-12-10-33/h1-8,14,19-20H,9-13,15-16H2,(H,31,32). The van der Waals surface area contributed by atoms with Crippen molar-refractivity contribution < 1.29 is 31.8 Å². The van der Waals surface area contributed by atoms with Crippen LogP contribution in [0.5, 0.6) is 5.75 Å². The number of carbonyl (C=O) groups excluding carboxylic acids is 1. The van der Waals surface area contributed by atoms with Gasteiger partial charge in [-0.25, -0.2) is 9.18 Å². The molecule has 3 heterocycles. The fourth-order valence-electron chi connectivity index (χ4n) is 4.93. The molecule has 2 unspecified atom stereocenters. The summed E-state index contributed by atoms with van der Waals surface area (Å²) in [6.45, 7) is 2.88. The number of hydrogen-bond acceptors (Lipinski definition) is 4. The smallest absolute Gasteiger partial charge is 0.406 e. The van der Waals surface area contributed by atoms with E-state index in [0.717, 1.165) is 16.8 Å². The number of amides is 2. The lowest BCUT2D eigenvalue weighted by Crippen LogP contribution is -2.52. The third-order valence-corrected chi connectivity index (χ3v) is 6.77. The summed E-state index contributed by atoms with van der Waals surface area (Å²) in [5.41, 5.74) is 3.08. The van der Waals surface area contributed by atoms with Gasteiger partial charge in [0, 0.05) is 49.3 Å². The number of morpholine rings is 1. The molecule has 3 aromatic rings. The van der Waals surface area contributed by atoms with Crippen molar-refractivity contribution in [2.24, 2.45) is 0 Å². The van der Waals surface area contributed by atoms with Gasteiger partial charge < -0.3 is 19.3 Å². The fourth-order valence-corrected chi connectivity index (χ4v) is 4.93. The van der Waals surface area contributed by atoms with Crippen LogP contribution in [0.1, 0.15) is 29.5 Å². The molecule has 2 aliphatic rings. The van der Waals surface area contributed by atoms with E-state index in [4.69, 9.17) is 4.74 Å². The number of carbonyl (C=O) groups is 1. The summed E-state index contributed by atoms with van der Waals surface area (Å²) in [5, 5.41) is 7.47. The average Bonchev–Trinajstić information content (AvgIpc) is 3.39. The minimum Gasteiger partial charge on any atom is -0.406 e. The van der Waals surface area contributed by atoms with E-state index >= 15 is 0 Å². The Balaban J connectivity index is 1.39. The summed E-state index contributed by atoms with van der Waals surface area (Å²) in [6, 6.07) is 13.7. The van der Waals surface area contributed by atoms with Gasteiger partial charge in [0.05, 0.1) is 18.9 Å². The zero-order valence-electron chi connectivity index (χ0n) is 19.9. The molecule has 0 bridgehead atoms. The highest BCUT2D eigenvalue weighted by Gasteiger charge is 2.35. The van der Waals surface area contributed by atoms with Gasteiger partial charge in [0.1, 0.15) is 11.6 Å². The number of aromatic amines is 1. The highest BCUT2D eigenvalue weighted by molar-refractivity contribution is 5.75. The van der Waals surface area contributed by atoms with E-state index in [1.54, 1.807) is 34.1 Å². The van der Waals surface area contributed by atoms with E-state index in [2.05, 4.69) is 14.9 Å². The summed E-state index contributed by atoms with van der Waals surface area (Å²) >= 11 is 0. The van der Waals surface area contributed by atoms with E-state index in [9.17, 15) is 22.4 Å². The number of likely N-dealkylation sites (tertiary alicyclic amines) is 1. The molecule has 2 saturated heterocycles. The first-order valence-corrected chi connectivity index (χ1v) is 12.0. The molecule has 2 atom stereocenters. The third-order valence-electron chi connectivity index (χ3n) is 6.77. The van der Waals surface area contributed by atoms with Crippen molar-refractivity contribution in [2.75, 3.05) is 39.4 Å². The van der Waals surface area contributed by atoms with Gasteiger partial charge in [-0.3, -0.25) is 5.10 Å². The number of rotatable bonds is 4. The first-order chi connectivity index (χ1) is 17.7. The van der Waals surface area contributed by atoms with Crippen molar-refractivity contribution in [3.8, 4) is 17.0 Å². The van der Waals surface area contributed by atoms with E-state index in [1.807, 2.05) is 6.07 Å². The second-order valence-corrected chi connectivity index (χ2v) is 9.25. The molecule has 1 aromatic heterocycles. The van der Waals surface area contributed by atoms with Crippen LogP contribution < -0.4 is 4.74 Å². The van der Waals surface area contributed by atoms with Crippen LogP contribution in [0.15, 0.2) is 54.6 Å². The summed E-state index contributed by atoms with van der Waals surface area (Å²) in [5.74, 6) is -0.821. The Labute approximate surface area is 211 Å². The average molecular weight is 519 g/mol. The van der Waals surface area contributed by atoms with E-state index in [0.29, 0.717) is 51.5 Å². The summed E-state index contributed by atoms with van der Waals surface area (Å²) in [4.78, 5) is 16.9. The molecular weight excluding hydrogens is 492 g/mol. The molecule has 5 rings (SSSR count). The van der Waals surface area contributed by atoms with E-state index in [1.165, 1.54) is 24.3 Å². The van der Waals surface area contributed by atoms with Crippen molar-refractivity contribution in [2.45, 2.75) is 24.6 Å². The maximum absolute atomic E-state index is 13.4. The van der Waals surface area contributed by atoms with Gasteiger partial charge in [-0.15, -0.1) is 13.2 Å². The number of halogens is 4. The maximum Gasteiger partial charge on any atom is 0.573 e. The first-order valence-electron chi connectivity index (χ1n) is 12.0. The Morgan fingerprint density at radius 1 is 0.973 bits per heavy atom. The second-order valence-electron chi connectivity index (χ2n) is 9.25. The molecule has 1 N–H and O–H groups in total. The minimum atomic E-state index is -4.76. The quantitative estimate of drug-likeness (QED) is 0.486. The normalized spacial score (nSPS) is 20.6. The van der Waals surface area contributed by atoms with Crippen LogP contribution in [0, 0.1) is 5.82 Å². The van der Waals surface area contributed by atoms with Crippen molar-refractivity contribution in [1.29, 1.82) is 0 Å². The summed E-state index contributed by atoms with van der Waals surface area (Å²) in [7, 11) is 0. The van der Waals surface area contributed by atoms with Gasteiger partial charge in [0.2, 0.25) is 0 Å². The molecule has 0 spiro atoms. The molecule has 37 heavy (non-hydrogen) atoms. The number of piperidine rings is 1. The predicted molar refractivity (Wildman–Crippen MR) is 127 cm³/mol. The fraction of sp³-hybridized carbons (Fsp3) is 0.385. The molecule has 11 heteroatoms. The van der Waals surface area contributed by atoms with E-state index in [-0.39, 0.29) is 29.4 Å². The number of urea groups is 1. The highest BCUT2D eigenvalue weighted by Crippen LogP contribution is 2.37. The predicted octanol–water partition coefficient (Wildman–Crippen LogP) is 5.14. The number of benzene rings is 2. The largest absolute Gasteiger partial charge is 0.573 e. The number of nitrogens with one attached hydrogen (secondary N) is 1. The Morgan fingerprint density at radius 3 is 2.32 bits per heavy atom. The van der Waals surface area contributed by atoms with Crippen LogP contribution in [0.4, 0.5) is 22.4 Å². The van der Waals surface area contributed by atoms with Gasteiger partial charge in [0.25, 0.3) is 0 Å². The van der Waals surface area contributed by atoms with Crippen LogP contribution in [-0.2, 0) is 4.74 Å². The molecular formula is C26H26F4N4O3. The van der Waals surface area contributed by atoms with E-state index < -0.39 is 6.36 Å². The minimum absolute atomic E-state index is 0.0865. The van der Waals surface area contributed by atoms with Crippen LogP contribution in [0.3, 0.4) is 0 Å². The number of aromatic nitrogens is 2. The Morgan fingerprint density at radius 2 is 1.65 bits per heavy atom. The summed E-state index contributed by atoms with van der Waals surface area (Å²) in [6.07, 6.45) is -4.10. The van der Waals surface area contributed by atoms with Gasteiger partial charge in [-0.05, 0) is 54.4 Å². The molecule has 0 saturated carbocycles. The van der Waals surface area contributed by atoms with Gasteiger partial charge >= 0.3 is 12.4 Å². The number of nitrogens with zero attached hydrogens (tertiary/aromatic N) is 3. The zero-order chi connectivity index (χ0) is 26.0. The third kappa shape index (κ3) is 6.04. The lowest BCUT2D eigenvalue weighted by Gasteiger charge is -2.41. The molecule has 0 aliphatic carbocycles. The van der Waals surface area contributed by atoms with Crippen molar-refractivity contribution in [3.63, 3.8) is 0 Å². The zero-order valence-corrected chi connectivity index (χ0v) is 19.9. The molecule has 2 fully saturated rings. The summed E-state index contributed by atoms with van der Waals surface area (Å²) < 4.78 is 60.5. The number of alkyl halides is 3. The lowest BCUT2D eigenvalue weighted by atomic mass is 9.83. The van der Waals surface area contributed by atoms with Crippen molar-refractivity contribution in [1.82, 2.24) is 20.0 Å². The Kier molecular flexibility index (Phi) is 7.05. The second kappa shape index (κ2) is 10.4. The van der Waals surface area contributed by atoms with Crippen molar-refractivity contribution in [3.05, 3.63) is 71.7 Å². The van der Waals surface area contributed by atoms with Crippen LogP contribution in [-0.4, -0.2) is 71.8 Å². The number of H-pyrrole nitrogens is 1. The molecule has 2 aliphatic heterocycles. The van der Waals surface area contributed by atoms with Crippen LogP contribution in [0.2, 0.25) is 0 Å². The molecule has 196 valence electrons. The molecule has 0 radical (unpaired) electrons. The molecule has 2 aromatic carbocycles. The van der Waals surface area contributed by atoms with Crippen LogP contribution in [0.25, 0.3) is 11.3 Å². The first kappa shape index (κ1) is 25.1. The molecule has 7 nitrogen and oxygen atoms in total. The Bertz CT molecular complexity index is 1210. The van der Waals surface area contributed by atoms with Gasteiger partial charge in [0.15, 0.2) is 0 Å². The Hall–Kier alpha value is -3.60. The number of ether oxygens (including phenoxy) is 2. The number of hydrogen-bond donors (Lipinski definition) is 1. The SMILES string of the molecule is O=C(N1CCOCC1)N1CC(c2ccc(OC(F)(F)F)cc2)CC(c2cc(-c3ccc(F)cc3)n[nH]2)C1. The van der Waals surface area contributed by atoms with Crippen molar-refractivity contribution >= 4 is 6.03 Å². The lowest BCUT2D eigenvalue weighted by molar-refractivity contribution is -0.274. The molecule has 2 amide bonds. The topological polar surface area (TPSA) is 70.7 Å². The van der Waals surface area contributed by atoms with Crippen LogP contribution >= 0.6 is 0 Å². The van der Waals surface area contributed by atoms with Gasteiger partial charge in [-0.2, -0.15) is 5.10 Å². The monoisotopic (exact) mass is 518 g/mol.